The molecule has 3 aliphatic rings. The summed E-state index contributed by atoms with van der Waals surface area (Å²) >= 11 is -2.69. The van der Waals surface area contributed by atoms with Gasteiger partial charge in [-0.2, -0.15) is 0 Å². The van der Waals surface area contributed by atoms with E-state index in [0.717, 1.165) is 7.35 Å². The van der Waals surface area contributed by atoms with Crippen molar-refractivity contribution in [2.45, 2.75) is 74.5 Å². The normalized spacial score (nSPS) is 20.9. The van der Waals surface area contributed by atoms with Gasteiger partial charge in [-0.05, 0) is 0 Å². The van der Waals surface area contributed by atoms with Crippen molar-refractivity contribution in [2.75, 3.05) is 0 Å². The van der Waals surface area contributed by atoms with Gasteiger partial charge >= 0.3 is 189 Å². The molecule has 0 aromatic heterocycles. The van der Waals surface area contributed by atoms with Crippen LogP contribution in [0.5, 0.6) is 0 Å². The Morgan fingerprint density at radius 1 is 0.688 bits per heavy atom. The summed E-state index contributed by atoms with van der Waals surface area (Å²) in [5.74, 6) is 0. The standard InChI is InChI=1S/2C13H15.C3H6.2ClH.Hf/c2*1-2-3-6-11-9-12-7-4-5-8-13(12)10-11;1-3-2;;;/h2*4-5,7-10H,2-3,6H2,1H3;1-3H2;2*1H;/q;;;;;+2/p-2. The van der Waals surface area contributed by atoms with Crippen LogP contribution in [0, 0.1) is 0 Å². The average molecular weight is 634 g/mol. The molecule has 0 radical (unpaired) electrons. The summed E-state index contributed by atoms with van der Waals surface area (Å²) in [7, 11) is 0. The maximum Gasteiger partial charge on any atom is -1.00 e. The van der Waals surface area contributed by atoms with Crippen LogP contribution >= 0.6 is 0 Å². The third-order valence-corrected chi connectivity index (χ3v) is 30.5. The molecule has 1 saturated heterocycles. The van der Waals surface area contributed by atoms with E-state index in [4.69, 9.17) is 0 Å². The quantitative estimate of drug-likeness (QED) is 0.393. The Morgan fingerprint density at radius 2 is 1.12 bits per heavy atom. The fourth-order valence-electron chi connectivity index (χ4n) is 6.66. The van der Waals surface area contributed by atoms with E-state index in [-0.39, 0.29) is 24.8 Å². The van der Waals surface area contributed by atoms with E-state index in [1.165, 1.54) is 44.9 Å². The van der Waals surface area contributed by atoms with Gasteiger partial charge in [-0.1, -0.05) is 0 Å². The van der Waals surface area contributed by atoms with Crippen LogP contribution < -0.4 is 24.8 Å². The predicted molar refractivity (Wildman–Crippen MR) is 128 cm³/mol. The molecule has 170 valence electrons. The molecule has 2 aromatic rings. The van der Waals surface area contributed by atoms with Crippen molar-refractivity contribution in [1.82, 2.24) is 0 Å². The molecule has 32 heavy (non-hydrogen) atoms. The number of fused-ring (bicyclic) bond motifs is 2. The van der Waals surface area contributed by atoms with E-state index in [0.29, 0.717) is 0 Å². The van der Waals surface area contributed by atoms with E-state index >= 15 is 0 Å². The molecule has 1 fully saturated rings. The van der Waals surface area contributed by atoms with E-state index in [1.54, 1.807) is 30.6 Å². The molecular formula is C29H36Cl2Hf. The third kappa shape index (κ3) is 4.39. The first-order valence-corrected chi connectivity index (χ1v) is 21.6. The summed E-state index contributed by atoms with van der Waals surface area (Å²) in [5, 5.41) is 0. The van der Waals surface area contributed by atoms with E-state index in [2.05, 4.69) is 74.5 Å². The molecule has 3 heteroatoms. The molecule has 1 aliphatic heterocycles. The van der Waals surface area contributed by atoms with Crippen molar-refractivity contribution < 1.29 is 44.8 Å². The molecule has 2 aliphatic carbocycles. The Labute approximate surface area is 212 Å². The van der Waals surface area contributed by atoms with Gasteiger partial charge in [-0.3, -0.25) is 0 Å². The number of hydrogen-bond donors (Lipinski definition) is 0. The first-order valence-electron chi connectivity index (χ1n) is 12.4. The van der Waals surface area contributed by atoms with Gasteiger partial charge in [0.05, 0.1) is 0 Å². The predicted octanol–water partition coefficient (Wildman–Crippen LogP) is 3.05. The molecule has 1 heterocycles. The second kappa shape index (κ2) is 11.2. The number of hydrogen-bond acceptors (Lipinski definition) is 0. The number of allylic oxidation sites excluding steroid dienone is 2. The molecule has 0 nitrogen and oxygen atoms in total. The van der Waals surface area contributed by atoms with Gasteiger partial charge in [0.15, 0.2) is 0 Å². The second-order valence-corrected chi connectivity index (χ2v) is 26.5. The minimum Gasteiger partial charge on any atom is -1.00 e. The number of benzene rings is 2. The molecule has 0 bridgehead atoms. The topological polar surface area (TPSA) is 0 Å². The molecule has 2 unspecified atom stereocenters. The zero-order valence-electron chi connectivity index (χ0n) is 19.5. The fourth-order valence-corrected chi connectivity index (χ4v) is 29.5. The minimum atomic E-state index is -2.69. The molecule has 0 spiro atoms. The molecule has 2 atom stereocenters. The van der Waals surface area contributed by atoms with E-state index in [1.807, 2.05) is 11.1 Å². The first-order chi connectivity index (χ1) is 14.8. The Bertz CT molecular complexity index is 911. The monoisotopic (exact) mass is 634 g/mol. The zero-order chi connectivity index (χ0) is 20.6. The van der Waals surface area contributed by atoms with E-state index < -0.39 is 20.0 Å². The SMILES string of the molecule is CCCCC1=Cc2ccccc2[CH]1[Hf+2]1([CH]2C(CCCC)=Cc3ccccc32)[CH2]C[CH2]1.[Cl-].[Cl-]. The van der Waals surface area contributed by atoms with Gasteiger partial charge in [0.25, 0.3) is 0 Å². The Kier molecular flexibility index (Phi) is 9.09. The fraction of sp³-hybridized carbons (Fsp3) is 0.448. The summed E-state index contributed by atoms with van der Waals surface area (Å²) in [5.41, 5.74) is 10.2. The van der Waals surface area contributed by atoms with Crippen LogP contribution in [0.4, 0.5) is 0 Å². The molecule has 0 N–H and O–H groups in total. The van der Waals surface area contributed by atoms with Crippen molar-refractivity contribution >= 4 is 12.2 Å². The van der Waals surface area contributed by atoms with Crippen LogP contribution in [0.2, 0.25) is 8.35 Å². The summed E-state index contributed by atoms with van der Waals surface area (Å²) in [6.45, 7) is 4.69. The van der Waals surface area contributed by atoms with Crippen molar-refractivity contribution in [1.29, 1.82) is 0 Å². The molecule has 2 aromatic carbocycles. The van der Waals surface area contributed by atoms with Gasteiger partial charge in [0.1, 0.15) is 0 Å². The first kappa shape index (κ1) is 26.0. The van der Waals surface area contributed by atoms with Crippen molar-refractivity contribution in [3.63, 3.8) is 0 Å². The molecule has 0 saturated carbocycles. The second-order valence-electron chi connectivity index (χ2n) is 9.86. The largest absolute Gasteiger partial charge is 1.00 e. The minimum absolute atomic E-state index is 0. The Morgan fingerprint density at radius 3 is 1.50 bits per heavy atom. The van der Waals surface area contributed by atoms with E-state index in [9.17, 15) is 0 Å². The molecular weight excluding hydrogens is 598 g/mol. The summed E-state index contributed by atoms with van der Waals surface area (Å²) in [6, 6.07) is 18.9. The number of unbranched alkanes of at least 4 members (excludes halogenated alkanes) is 2. The van der Waals surface area contributed by atoms with Crippen LogP contribution in [0.3, 0.4) is 0 Å². The average Bonchev–Trinajstić information content (AvgIpc) is 3.29. The van der Waals surface area contributed by atoms with Gasteiger partial charge in [-0.25, -0.2) is 0 Å². The third-order valence-electron chi connectivity index (χ3n) is 8.11. The van der Waals surface area contributed by atoms with Crippen LogP contribution in [0.1, 0.15) is 88.4 Å². The van der Waals surface area contributed by atoms with Gasteiger partial charge in [0.2, 0.25) is 0 Å². The zero-order valence-corrected chi connectivity index (χ0v) is 24.7. The maximum atomic E-state index is 2.62. The molecule has 5 rings (SSSR count). The number of halogens is 2. The summed E-state index contributed by atoms with van der Waals surface area (Å²) in [4.78, 5) is 0. The molecule has 0 amide bonds. The summed E-state index contributed by atoms with van der Waals surface area (Å²) in [6.07, 6.45) is 14.7. The van der Waals surface area contributed by atoms with Gasteiger partial charge in [-0.15, -0.1) is 0 Å². The van der Waals surface area contributed by atoms with Crippen molar-refractivity contribution in [3.8, 4) is 0 Å². The number of rotatable bonds is 8. The van der Waals surface area contributed by atoms with Crippen LogP contribution in [0.15, 0.2) is 59.7 Å². The maximum absolute atomic E-state index is 2.69. The Hall–Kier alpha value is -0.630. The van der Waals surface area contributed by atoms with Crippen molar-refractivity contribution in [2.24, 2.45) is 0 Å². The smallest absolute Gasteiger partial charge is 1.00 e. The van der Waals surface area contributed by atoms with Crippen LogP contribution in [0.25, 0.3) is 12.2 Å². The summed E-state index contributed by atoms with van der Waals surface area (Å²) < 4.78 is 4.85. The van der Waals surface area contributed by atoms with Crippen molar-refractivity contribution in [3.05, 3.63) is 81.9 Å². The van der Waals surface area contributed by atoms with Gasteiger partial charge in [0, 0.05) is 0 Å². The van der Waals surface area contributed by atoms with Crippen LogP contribution in [-0.2, 0) is 20.0 Å². The van der Waals surface area contributed by atoms with Crippen LogP contribution in [-0.4, -0.2) is 0 Å². The Balaban J connectivity index is 0.00000144. The van der Waals surface area contributed by atoms with Gasteiger partial charge < -0.3 is 24.8 Å².